The van der Waals surface area contributed by atoms with Crippen LogP contribution in [0.15, 0.2) is 54.6 Å². The topological polar surface area (TPSA) is 55.1 Å². The van der Waals surface area contributed by atoms with Gasteiger partial charge in [0.1, 0.15) is 12.4 Å². The number of rotatable bonds is 4. The van der Waals surface area contributed by atoms with Gasteiger partial charge < -0.3 is 9.67 Å². The van der Waals surface area contributed by atoms with Crippen molar-refractivity contribution in [3.8, 4) is 0 Å². The third kappa shape index (κ3) is 3.76. The number of halogens is 1. The molecule has 0 unspecified atom stereocenters. The predicted molar refractivity (Wildman–Crippen MR) is 98.8 cm³/mol. The Bertz CT molecular complexity index is 1150. The summed E-state index contributed by atoms with van der Waals surface area (Å²) in [5.74, 6) is -1.26. The molecule has 0 saturated carbocycles. The quantitative estimate of drug-likeness (QED) is 0.551. The third-order valence-electron chi connectivity index (χ3n) is 4.72. The van der Waals surface area contributed by atoms with E-state index >= 15 is 0 Å². The van der Waals surface area contributed by atoms with Crippen LogP contribution in [0.3, 0.4) is 0 Å². The monoisotopic (exact) mass is 371 g/mol. The Labute approximate surface area is 177 Å². The molecule has 130 valence electrons. The predicted octanol–water partition coefficient (Wildman–Crippen LogP) is 1.32. The molecule has 0 bridgehead atoms. The maximum atomic E-state index is 13.8. The number of carboxylic acids is 1. The van der Waals surface area contributed by atoms with E-state index in [0.29, 0.717) is 6.42 Å². The number of pyridine rings is 1. The minimum Gasteiger partial charge on any atom is -0.480 e. The van der Waals surface area contributed by atoms with Crippen LogP contribution in [0.25, 0.3) is 21.8 Å². The van der Waals surface area contributed by atoms with Crippen molar-refractivity contribution in [1.82, 2.24) is 9.55 Å². The molecule has 0 radical (unpaired) electrons. The number of carboxylic acid groups (broad SMARTS) is 1. The van der Waals surface area contributed by atoms with E-state index in [1.807, 2.05) is 43.3 Å². The van der Waals surface area contributed by atoms with Crippen molar-refractivity contribution in [2.24, 2.45) is 0 Å². The fraction of sp³-hybridized carbons (Fsp3) is 0.143. The van der Waals surface area contributed by atoms with Gasteiger partial charge in [-0.2, -0.15) is 0 Å². The summed E-state index contributed by atoms with van der Waals surface area (Å²) in [7, 11) is 0. The van der Waals surface area contributed by atoms with Crippen LogP contribution in [0.1, 0.15) is 17.0 Å². The SMILES string of the molecule is Cc1c(Cc2ccc3ccccc3n2)c2cc(F)ccc2n1CC(=O)O.[Na+]. The Kier molecular flexibility index (Phi) is 5.65. The van der Waals surface area contributed by atoms with Crippen molar-refractivity contribution in [3.63, 3.8) is 0 Å². The van der Waals surface area contributed by atoms with E-state index in [1.54, 1.807) is 10.6 Å². The van der Waals surface area contributed by atoms with E-state index in [2.05, 4.69) is 0 Å². The zero-order valence-corrected chi connectivity index (χ0v) is 17.2. The fourth-order valence-corrected chi connectivity index (χ4v) is 3.47. The first kappa shape index (κ1) is 19.5. The van der Waals surface area contributed by atoms with Gasteiger partial charge in [-0.25, -0.2) is 4.39 Å². The third-order valence-corrected chi connectivity index (χ3v) is 4.72. The Hall–Kier alpha value is -2.21. The summed E-state index contributed by atoms with van der Waals surface area (Å²) < 4.78 is 15.5. The van der Waals surface area contributed by atoms with Crippen LogP contribution in [0.2, 0.25) is 0 Å². The van der Waals surface area contributed by atoms with Gasteiger partial charge in [-0.15, -0.1) is 0 Å². The number of benzene rings is 2. The van der Waals surface area contributed by atoms with Gasteiger partial charge in [0.25, 0.3) is 0 Å². The molecule has 2 heterocycles. The van der Waals surface area contributed by atoms with Crippen molar-refractivity contribution in [2.45, 2.75) is 19.9 Å². The minimum atomic E-state index is -0.926. The first-order valence-corrected chi connectivity index (χ1v) is 8.36. The van der Waals surface area contributed by atoms with Crippen LogP contribution in [0, 0.1) is 12.7 Å². The molecule has 4 nitrogen and oxygen atoms in total. The first-order chi connectivity index (χ1) is 12.5. The van der Waals surface area contributed by atoms with Crippen LogP contribution >= 0.6 is 0 Å². The molecule has 0 fully saturated rings. The van der Waals surface area contributed by atoms with Crippen LogP contribution in [-0.4, -0.2) is 20.6 Å². The van der Waals surface area contributed by atoms with Crippen molar-refractivity contribution in [2.75, 3.05) is 0 Å². The average Bonchev–Trinajstić information content (AvgIpc) is 2.86. The summed E-state index contributed by atoms with van der Waals surface area (Å²) in [4.78, 5) is 15.9. The van der Waals surface area contributed by atoms with Crippen LogP contribution in [0.4, 0.5) is 4.39 Å². The van der Waals surface area contributed by atoms with E-state index in [-0.39, 0.29) is 41.9 Å². The Balaban J connectivity index is 0.00000210. The van der Waals surface area contributed by atoms with E-state index in [9.17, 15) is 14.3 Å². The zero-order chi connectivity index (χ0) is 18.3. The molecule has 1 N–H and O–H groups in total. The summed E-state index contributed by atoms with van der Waals surface area (Å²) in [6, 6.07) is 16.3. The van der Waals surface area contributed by atoms with Crippen molar-refractivity contribution < 1.29 is 43.8 Å². The second-order valence-electron chi connectivity index (χ2n) is 6.38. The van der Waals surface area contributed by atoms with E-state index in [0.717, 1.165) is 38.8 Å². The molecular weight excluding hydrogens is 354 g/mol. The molecule has 0 aliphatic carbocycles. The number of hydrogen-bond donors (Lipinski definition) is 1. The number of carbonyl (C=O) groups is 1. The van der Waals surface area contributed by atoms with Gasteiger partial charge in [0, 0.05) is 34.1 Å². The van der Waals surface area contributed by atoms with Gasteiger partial charge in [0.15, 0.2) is 0 Å². The molecule has 0 aliphatic rings. The van der Waals surface area contributed by atoms with Gasteiger partial charge in [0.05, 0.1) is 5.52 Å². The number of aliphatic carboxylic acids is 1. The standard InChI is InChI=1S/C21H17FN2O2.Na/c1-13-17(11-16-8-6-14-4-2-3-5-19(14)23-16)18-10-15(22)7-9-20(18)24(13)12-21(25)26;/h2-10H,11-12H2,1H3,(H,25,26);/q;+1. The van der Waals surface area contributed by atoms with Crippen LogP contribution in [-0.2, 0) is 17.8 Å². The molecule has 0 saturated heterocycles. The number of para-hydroxylation sites is 1. The molecule has 2 aromatic carbocycles. The molecule has 2 aromatic heterocycles. The molecule has 0 aliphatic heterocycles. The number of nitrogens with zero attached hydrogens (tertiary/aromatic N) is 2. The van der Waals surface area contributed by atoms with E-state index in [1.165, 1.54) is 12.1 Å². The summed E-state index contributed by atoms with van der Waals surface area (Å²) in [5, 5.41) is 11.0. The van der Waals surface area contributed by atoms with Crippen LogP contribution < -0.4 is 29.6 Å². The summed E-state index contributed by atoms with van der Waals surface area (Å²) in [6.07, 6.45) is 0.517. The van der Waals surface area contributed by atoms with Crippen molar-refractivity contribution in [3.05, 3.63) is 77.4 Å². The Morgan fingerprint density at radius 1 is 1.15 bits per heavy atom. The van der Waals surface area contributed by atoms with E-state index in [4.69, 9.17) is 4.98 Å². The second kappa shape index (κ2) is 7.80. The smallest absolute Gasteiger partial charge is 0.480 e. The number of aromatic nitrogens is 2. The summed E-state index contributed by atoms with van der Waals surface area (Å²) in [5.41, 5.74) is 4.22. The molecule has 0 amide bonds. The molecule has 0 atom stereocenters. The van der Waals surface area contributed by atoms with Gasteiger partial charge >= 0.3 is 35.5 Å². The zero-order valence-electron chi connectivity index (χ0n) is 15.2. The summed E-state index contributed by atoms with van der Waals surface area (Å²) in [6.45, 7) is 1.72. The molecule has 6 heteroatoms. The number of fused-ring (bicyclic) bond motifs is 2. The minimum absolute atomic E-state index is 0. The maximum absolute atomic E-state index is 13.8. The van der Waals surface area contributed by atoms with Crippen LogP contribution in [0.5, 0.6) is 0 Å². The van der Waals surface area contributed by atoms with Gasteiger partial charge in [-0.3, -0.25) is 9.78 Å². The molecule has 4 rings (SSSR count). The largest absolute Gasteiger partial charge is 1.00 e. The first-order valence-electron chi connectivity index (χ1n) is 8.36. The van der Waals surface area contributed by atoms with Gasteiger partial charge in [-0.1, -0.05) is 24.3 Å². The Morgan fingerprint density at radius 3 is 2.70 bits per heavy atom. The van der Waals surface area contributed by atoms with Crippen molar-refractivity contribution in [1.29, 1.82) is 0 Å². The fourth-order valence-electron chi connectivity index (χ4n) is 3.47. The second-order valence-corrected chi connectivity index (χ2v) is 6.38. The van der Waals surface area contributed by atoms with Gasteiger partial charge in [0.2, 0.25) is 0 Å². The summed E-state index contributed by atoms with van der Waals surface area (Å²) >= 11 is 0. The molecular formula is C21H17FN2NaO2+. The molecule has 27 heavy (non-hydrogen) atoms. The van der Waals surface area contributed by atoms with Crippen molar-refractivity contribution >= 4 is 27.8 Å². The number of hydrogen-bond acceptors (Lipinski definition) is 2. The average molecular weight is 371 g/mol. The molecule has 0 spiro atoms. The van der Waals surface area contributed by atoms with E-state index < -0.39 is 5.97 Å². The maximum Gasteiger partial charge on any atom is 1.00 e. The Morgan fingerprint density at radius 2 is 1.93 bits per heavy atom. The van der Waals surface area contributed by atoms with Gasteiger partial charge in [-0.05, 0) is 42.8 Å². The normalized spacial score (nSPS) is 10.9. The molecule has 4 aromatic rings.